The SMILES string of the molecule is COc1cc2c(cc1F)nc(N)n2Cc1csc(=O)[nH]1. The highest BCUT2D eigenvalue weighted by molar-refractivity contribution is 7.07. The van der Waals surface area contributed by atoms with Gasteiger partial charge in [0, 0.05) is 23.2 Å². The first-order valence-corrected chi connectivity index (χ1v) is 6.62. The molecule has 0 radical (unpaired) electrons. The maximum Gasteiger partial charge on any atom is 0.304 e. The van der Waals surface area contributed by atoms with Gasteiger partial charge >= 0.3 is 4.87 Å². The lowest BCUT2D eigenvalue weighted by molar-refractivity contribution is 0.387. The largest absolute Gasteiger partial charge is 0.494 e. The lowest BCUT2D eigenvalue weighted by Crippen LogP contribution is -2.06. The average molecular weight is 294 g/mol. The van der Waals surface area contributed by atoms with E-state index in [4.69, 9.17) is 10.5 Å². The summed E-state index contributed by atoms with van der Waals surface area (Å²) in [5, 5.41) is 1.72. The molecule has 0 saturated carbocycles. The summed E-state index contributed by atoms with van der Waals surface area (Å²) in [6.45, 7) is 0.357. The van der Waals surface area contributed by atoms with Gasteiger partial charge in [0.05, 0.1) is 24.7 Å². The summed E-state index contributed by atoms with van der Waals surface area (Å²) in [6.07, 6.45) is 0. The Morgan fingerprint density at radius 1 is 1.55 bits per heavy atom. The highest BCUT2D eigenvalue weighted by Gasteiger charge is 2.13. The van der Waals surface area contributed by atoms with E-state index in [9.17, 15) is 9.18 Å². The molecular formula is C12H11FN4O2S. The van der Waals surface area contributed by atoms with Gasteiger partial charge in [0.1, 0.15) is 0 Å². The van der Waals surface area contributed by atoms with Gasteiger partial charge in [-0.3, -0.25) is 4.79 Å². The maximum atomic E-state index is 13.6. The molecule has 8 heteroatoms. The Hall–Kier alpha value is -2.35. The fourth-order valence-electron chi connectivity index (χ4n) is 2.03. The number of rotatable bonds is 3. The standard InChI is InChI=1S/C12H11FN4O2S/c1-19-10-3-9-8(2-7(10)13)16-11(14)17(9)4-6-5-20-12(18)15-6/h2-3,5H,4H2,1H3,(H2,14,16)(H,15,18). The van der Waals surface area contributed by atoms with Gasteiger partial charge in [0.15, 0.2) is 11.6 Å². The number of aromatic amines is 1. The highest BCUT2D eigenvalue weighted by Crippen LogP contribution is 2.26. The van der Waals surface area contributed by atoms with Crippen LogP contribution in [0.3, 0.4) is 0 Å². The summed E-state index contributed by atoms with van der Waals surface area (Å²) in [5.41, 5.74) is 7.66. The second-order valence-corrected chi connectivity index (χ2v) is 5.05. The van der Waals surface area contributed by atoms with Gasteiger partial charge < -0.3 is 20.0 Å². The van der Waals surface area contributed by atoms with Gasteiger partial charge in [-0.2, -0.15) is 0 Å². The van der Waals surface area contributed by atoms with Crippen molar-refractivity contribution in [1.29, 1.82) is 0 Å². The summed E-state index contributed by atoms with van der Waals surface area (Å²) < 4.78 is 20.3. The Balaban J connectivity index is 2.14. The number of anilines is 1. The van der Waals surface area contributed by atoms with Crippen molar-refractivity contribution in [2.75, 3.05) is 12.8 Å². The first-order chi connectivity index (χ1) is 9.58. The Kier molecular flexibility index (Phi) is 2.94. The van der Waals surface area contributed by atoms with Crippen molar-refractivity contribution in [3.8, 4) is 5.75 Å². The van der Waals surface area contributed by atoms with Crippen molar-refractivity contribution in [3.63, 3.8) is 0 Å². The monoisotopic (exact) mass is 294 g/mol. The molecule has 0 atom stereocenters. The van der Waals surface area contributed by atoms with E-state index in [-0.39, 0.29) is 16.6 Å². The molecule has 6 nitrogen and oxygen atoms in total. The fourth-order valence-corrected chi connectivity index (χ4v) is 2.60. The zero-order chi connectivity index (χ0) is 14.3. The molecule has 0 aliphatic heterocycles. The number of nitrogens with one attached hydrogen (secondary N) is 1. The maximum absolute atomic E-state index is 13.6. The lowest BCUT2D eigenvalue weighted by atomic mass is 10.3. The molecule has 0 unspecified atom stereocenters. The summed E-state index contributed by atoms with van der Waals surface area (Å²) in [5.74, 6) is -0.120. The topological polar surface area (TPSA) is 85.9 Å². The van der Waals surface area contributed by atoms with Crippen LogP contribution in [0.2, 0.25) is 0 Å². The molecular weight excluding hydrogens is 283 g/mol. The van der Waals surface area contributed by atoms with Gasteiger partial charge in [-0.05, 0) is 0 Å². The van der Waals surface area contributed by atoms with Crippen LogP contribution in [0.15, 0.2) is 22.3 Å². The second-order valence-electron chi connectivity index (χ2n) is 4.21. The molecule has 0 fully saturated rings. The Bertz CT molecular complexity index is 836. The zero-order valence-electron chi connectivity index (χ0n) is 10.5. The van der Waals surface area contributed by atoms with E-state index < -0.39 is 5.82 Å². The van der Waals surface area contributed by atoms with E-state index >= 15 is 0 Å². The minimum atomic E-state index is -0.492. The van der Waals surface area contributed by atoms with Gasteiger partial charge in [0.25, 0.3) is 0 Å². The quantitative estimate of drug-likeness (QED) is 0.767. The second kappa shape index (κ2) is 4.64. The number of H-pyrrole nitrogens is 1. The molecule has 2 heterocycles. The average Bonchev–Trinajstić information content (AvgIpc) is 2.94. The molecule has 0 aliphatic rings. The number of thiazole rings is 1. The number of halogens is 1. The predicted octanol–water partition coefficient (Wildman–Crippen LogP) is 1.56. The summed E-state index contributed by atoms with van der Waals surface area (Å²) in [7, 11) is 1.39. The first kappa shape index (κ1) is 12.7. The smallest absolute Gasteiger partial charge is 0.304 e. The molecule has 2 aromatic heterocycles. The normalized spacial score (nSPS) is 11.1. The number of fused-ring (bicyclic) bond motifs is 1. The third-order valence-corrected chi connectivity index (χ3v) is 3.67. The van der Waals surface area contributed by atoms with E-state index in [0.29, 0.717) is 23.3 Å². The molecule has 0 saturated heterocycles. The van der Waals surface area contributed by atoms with Gasteiger partial charge in [-0.25, -0.2) is 9.37 Å². The Morgan fingerprint density at radius 3 is 3.00 bits per heavy atom. The number of hydrogen-bond acceptors (Lipinski definition) is 5. The fraction of sp³-hybridized carbons (Fsp3) is 0.167. The molecule has 0 amide bonds. The van der Waals surface area contributed by atoms with Gasteiger partial charge in [-0.1, -0.05) is 11.3 Å². The number of hydrogen-bond donors (Lipinski definition) is 2. The van der Waals surface area contributed by atoms with Crippen LogP contribution >= 0.6 is 11.3 Å². The summed E-state index contributed by atoms with van der Waals surface area (Å²) in [4.78, 5) is 17.8. The van der Waals surface area contributed by atoms with Gasteiger partial charge in [0.2, 0.25) is 5.95 Å². The molecule has 20 heavy (non-hydrogen) atoms. The number of ether oxygens (including phenoxy) is 1. The van der Waals surface area contributed by atoms with E-state index in [1.165, 1.54) is 13.2 Å². The molecule has 3 rings (SSSR count). The summed E-state index contributed by atoms with van der Waals surface area (Å²) >= 11 is 1.08. The molecule has 0 spiro atoms. The number of aromatic nitrogens is 3. The van der Waals surface area contributed by atoms with Crippen molar-refractivity contribution >= 4 is 28.3 Å². The minimum Gasteiger partial charge on any atom is -0.494 e. The molecule has 104 valence electrons. The highest BCUT2D eigenvalue weighted by atomic mass is 32.1. The van der Waals surface area contributed by atoms with E-state index in [1.807, 2.05) is 0 Å². The van der Waals surface area contributed by atoms with Crippen molar-refractivity contribution < 1.29 is 9.13 Å². The Labute approximate surface area is 116 Å². The molecule has 3 aromatic rings. The third-order valence-electron chi connectivity index (χ3n) is 2.95. The lowest BCUT2D eigenvalue weighted by Gasteiger charge is -2.06. The van der Waals surface area contributed by atoms with Crippen molar-refractivity contribution in [2.24, 2.45) is 0 Å². The molecule has 0 bridgehead atoms. The molecule has 0 aliphatic carbocycles. The van der Waals surface area contributed by atoms with Crippen molar-refractivity contribution in [2.45, 2.75) is 6.54 Å². The van der Waals surface area contributed by atoms with E-state index in [0.717, 1.165) is 11.3 Å². The van der Waals surface area contributed by atoms with Crippen LogP contribution in [-0.2, 0) is 6.54 Å². The van der Waals surface area contributed by atoms with E-state index in [2.05, 4.69) is 9.97 Å². The Morgan fingerprint density at radius 2 is 2.35 bits per heavy atom. The van der Waals surface area contributed by atoms with Crippen LogP contribution < -0.4 is 15.3 Å². The number of imidazole rings is 1. The molecule has 1 aromatic carbocycles. The number of benzene rings is 1. The van der Waals surface area contributed by atoms with Gasteiger partial charge in [-0.15, -0.1) is 0 Å². The number of methoxy groups -OCH3 is 1. The third kappa shape index (κ3) is 2.03. The van der Waals surface area contributed by atoms with Crippen LogP contribution in [-0.4, -0.2) is 21.6 Å². The zero-order valence-corrected chi connectivity index (χ0v) is 11.3. The number of nitrogen functional groups attached to an aromatic ring is 1. The minimum absolute atomic E-state index is 0.123. The molecule has 3 N–H and O–H groups in total. The van der Waals surface area contributed by atoms with Crippen LogP contribution in [0, 0.1) is 5.82 Å². The summed E-state index contributed by atoms with van der Waals surface area (Å²) in [6, 6.07) is 2.82. The van der Waals surface area contributed by atoms with Crippen LogP contribution in [0.1, 0.15) is 5.69 Å². The number of nitrogens with two attached hydrogens (primary N) is 1. The van der Waals surface area contributed by atoms with Crippen molar-refractivity contribution in [1.82, 2.24) is 14.5 Å². The van der Waals surface area contributed by atoms with Crippen LogP contribution in [0.5, 0.6) is 5.75 Å². The first-order valence-electron chi connectivity index (χ1n) is 5.74. The van der Waals surface area contributed by atoms with E-state index in [1.54, 1.807) is 16.0 Å². The van der Waals surface area contributed by atoms with Crippen molar-refractivity contribution in [3.05, 3.63) is 38.7 Å². The predicted molar refractivity (Wildman–Crippen MR) is 74.7 cm³/mol. The van der Waals surface area contributed by atoms with Crippen LogP contribution in [0.25, 0.3) is 11.0 Å². The number of nitrogens with zero attached hydrogens (tertiary/aromatic N) is 2. The van der Waals surface area contributed by atoms with Crippen LogP contribution in [0.4, 0.5) is 10.3 Å².